The Bertz CT molecular complexity index is 1080. The first kappa shape index (κ1) is 20.4. The third-order valence-corrected chi connectivity index (χ3v) is 4.92. The number of carbonyl (C=O) groups excluding carboxylic acids is 1. The van der Waals surface area contributed by atoms with Gasteiger partial charge in [0.15, 0.2) is 11.5 Å². The monoisotopic (exact) mass is 395 g/mol. The molecule has 1 N–H and O–H groups in total. The number of nitrogens with one attached hydrogen (secondary N) is 1. The van der Waals surface area contributed by atoms with Crippen molar-refractivity contribution in [1.82, 2.24) is 9.78 Å². The van der Waals surface area contributed by atoms with E-state index in [0.717, 1.165) is 34.3 Å². The molecule has 2 aromatic carbocycles. The summed E-state index contributed by atoms with van der Waals surface area (Å²) in [6.07, 6.45) is 3.15. The summed E-state index contributed by atoms with van der Waals surface area (Å²) in [6.45, 7) is 3.88. The zero-order chi connectivity index (χ0) is 21.0. The van der Waals surface area contributed by atoms with Crippen LogP contribution >= 0.6 is 0 Å². The number of aryl methyl sites for hydroxylation is 2. The zero-order valence-corrected chi connectivity index (χ0v) is 17.1. The summed E-state index contributed by atoms with van der Waals surface area (Å²) in [6, 6.07) is 9.43. The van der Waals surface area contributed by atoms with E-state index in [9.17, 15) is 9.59 Å². The molecule has 7 nitrogen and oxygen atoms in total. The summed E-state index contributed by atoms with van der Waals surface area (Å²) < 4.78 is 11.8. The SMILES string of the molecule is CCc1cccc(CC)c1NC(=O)Cn1ncc2ccc(OC)c(OC)c2c1=O. The number of methoxy groups -OCH3 is 2. The van der Waals surface area contributed by atoms with Gasteiger partial charge in [-0.05, 0) is 36.1 Å². The van der Waals surface area contributed by atoms with Crippen LogP contribution in [-0.4, -0.2) is 29.9 Å². The third kappa shape index (κ3) is 3.94. The van der Waals surface area contributed by atoms with Gasteiger partial charge in [-0.1, -0.05) is 32.0 Å². The van der Waals surface area contributed by atoms with E-state index in [4.69, 9.17) is 9.47 Å². The lowest BCUT2D eigenvalue weighted by atomic mass is 10.0. The Balaban J connectivity index is 1.96. The number of ether oxygens (including phenoxy) is 2. The summed E-state index contributed by atoms with van der Waals surface area (Å²) in [5.74, 6) is 0.469. The average Bonchev–Trinajstić information content (AvgIpc) is 2.74. The van der Waals surface area contributed by atoms with E-state index in [-0.39, 0.29) is 12.5 Å². The first-order valence-corrected chi connectivity index (χ1v) is 9.55. The number of anilines is 1. The molecule has 1 heterocycles. The maximum atomic E-state index is 13.0. The standard InChI is InChI=1S/C22H25N3O4/c1-5-14-8-7-9-15(6-2)20(14)24-18(26)13-25-22(27)19-16(12-23-25)10-11-17(28-3)21(19)29-4/h7-12H,5-6,13H2,1-4H3,(H,24,26). The average molecular weight is 395 g/mol. The Morgan fingerprint density at radius 3 is 2.34 bits per heavy atom. The van der Waals surface area contributed by atoms with Crippen LogP contribution in [0.2, 0.25) is 0 Å². The molecule has 7 heteroatoms. The molecule has 0 radical (unpaired) electrons. The molecule has 0 fully saturated rings. The zero-order valence-electron chi connectivity index (χ0n) is 17.1. The molecule has 0 unspecified atom stereocenters. The number of amides is 1. The minimum absolute atomic E-state index is 0.198. The van der Waals surface area contributed by atoms with Crippen LogP contribution in [0.1, 0.15) is 25.0 Å². The van der Waals surface area contributed by atoms with Gasteiger partial charge < -0.3 is 14.8 Å². The smallest absolute Gasteiger partial charge is 0.279 e. The molecule has 0 saturated heterocycles. The fourth-order valence-electron chi connectivity index (χ4n) is 3.41. The second-order valence-electron chi connectivity index (χ2n) is 6.58. The molecule has 0 aliphatic heterocycles. The van der Waals surface area contributed by atoms with Crippen LogP contribution in [0.3, 0.4) is 0 Å². The molecule has 0 aliphatic rings. The van der Waals surface area contributed by atoms with Gasteiger partial charge >= 0.3 is 0 Å². The van der Waals surface area contributed by atoms with Gasteiger partial charge in [-0.3, -0.25) is 9.59 Å². The highest BCUT2D eigenvalue weighted by atomic mass is 16.5. The Labute approximate surface area is 169 Å². The van der Waals surface area contributed by atoms with Gasteiger partial charge in [-0.2, -0.15) is 5.10 Å². The molecule has 1 amide bonds. The van der Waals surface area contributed by atoms with Crippen molar-refractivity contribution in [3.8, 4) is 11.5 Å². The van der Waals surface area contributed by atoms with Crippen LogP contribution in [0.4, 0.5) is 5.69 Å². The number of benzene rings is 2. The van der Waals surface area contributed by atoms with E-state index in [2.05, 4.69) is 10.4 Å². The van der Waals surface area contributed by atoms with Crippen molar-refractivity contribution in [3.05, 3.63) is 58.0 Å². The van der Waals surface area contributed by atoms with E-state index in [0.29, 0.717) is 22.3 Å². The molecule has 1 aromatic heterocycles. The van der Waals surface area contributed by atoms with Gasteiger partial charge in [0, 0.05) is 11.1 Å². The van der Waals surface area contributed by atoms with Crippen molar-refractivity contribution >= 4 is 22.4 Å². The Hall–Kier alpha value is -3.35. The fourth-order valence-corrected chi connectivity index (χ4v) is 3.41. The molecule has 0 aliphatic carbocycles. The number of hydrogen-bond donors (Lipinski definition) is 1. The number of hydrogen-bond acceptors (Lipinski definition) is 5. The molecular formula is C22H25N3O4. The lowest BCUT2D eigenvalue weighted by Crippen LogP contribution is -2.30. The maximum absolute atomic E-state index is 13.0. The van der Waals surface area contributed by atoms with Crippen LogP contribution in [-0.2, 0) is 24.2 Å². The number of carbonyl (C=O) groups is 1. The number of fused-ring (bicyclic) bond motifs is 1. The van der Waals surface area contributed by atoms with Gasteiger partial charge in [0.25, 0.3) is 5.56 Å². The van der Waals surface area contributed by atoms with E-state index >= 15 is 0 Å². The molecule has 0 bridgehead atoms. The Morgan fingerprint density at radius 1 is 1.07 bits per heavy atom. The van der Waals surface area contributed by atoms with Crippen LogP contribution in [0.15, 0.2) is 41.3 Å². The van der Waals surface area contributed by atoms with Crippen molar-refractivity contribution in [2.24, 2.45) is 0 Å². The summed E-state index contributed by atoms with van der Waals surface area (Å²) in [5.41, 5.74) is 2.52. The van der Waals surface area contributed by atoms with Gasteiger partial charge in [-0.15, -0.1) is 0 Å². The topological polar surface area (TPSA) is 82.5 Å². The highest BCUT2D eigenvalue weighted by molar-refractivity contribution is 5.93. The molecular weight excluding hydrogens is 370 g/mol. The first-order chi connectivity index (χ1) is 14.0. The van der Waals surface area contributed by atoms with E-state index in [1.54, 1.807) is 18.3 Å². The predicted octanol–water partition coefficient (Wildman–Crippen LogP) is 3.18. The highest BCUT2D eigenvalue weighted by Crippen LogP contribution is 2.32. The number of aromatic nitrogens is 2. The largest absolute Gasteiger partial charge is 0.493 e. The van der Waals surface area contributed by atoms with Crippen molar-refractivity contribution in [3.63, 3.8) is 0 Å². The maximum Gasteiger partial charge on any atom is 0.279 e. The number of rotatable bonds is 7. The van der Waals surface area contributed by atoms with E-state index in [1.807, 2.05) is 32.0 Å². The van der Waals surface area contributed by atoms with Crippen molar-refractivity contribution in [1.29, 1.82) is 0 Å². The van der Waals surface area contributed by atoms with Crippen molar-refractivity contribution < 1.29 is 14.3 Å². The molecule has 3 aromatic rings. The predicted molar refractivity (Wildman–Crippen MR) is 113 cm³/mol. The highest BCUT2D eigenvalue weighted by Gasteiger charge is 2.17. The summed E-state index contributed by atoms with van der Waals surface area (Å²) in [5, 5.41) is 8.06. The third-order valence-electron chi connectivity index (χ3n) is 4.92. The quantitative estimate of drug-likeness (QED) is 0.664. The van der Waals surface area contributed by atoms with Gasteiger partial charge in [0.05, 0.1) is 25.8 Å². The Kier molecular flexibility index (Phi) is 6.16. The van der Waals surface area contributed by atoms with E-state index < -0.39 is 5.56 Å². The second-order valence-corrected chi connectivity index (χ2v) is 6.58. The van der Waals surface area contributed by atoms with Crippen LogP contribution in [0, 0.1) is 0 Å². The fraction of sp³-hybridized carbons (Fsp3) is 0.318. The van der Waals surface area contributed by atoms with Crippen LogP contribution in [0.25, 0.3) is 10.8 Å². The molecule has 0 atom stereocenters. The number of nitrogens with zero attached hydrogens (tertiary/aromatic N) is 2. The molecule has 0 spiro atoms. The lowest BCUT2D eigenvalue weighted by molar-refractivity contribution is -0.117. The second kappa shape index (κ2) is 8.77. The van der Waals surface area contributed by atoms with Gasteiger partial charge in [0.2, 0.25) is 5.91 Å². The summed E-state index contributed by atoms with van der Waals surface area (Å²) in [7, 11) is 2.98. The van der Waals surface area contributed by atoms with Crippen LogP contribution < -0.4 is 20.3 Å². The summed E-state index contributed by atoms with van der Waals surface area (Å²) in [4.78, 5) is 25.7. The molecule has 152 valence electrons. The molecule has 0 saturated carbocycles. The first-order valence-electron chi connectivity index (χ1n) is 9.55. The van der Waals surface area contributed by atoms with E-state index in [1.165, 1.54) is 14.2 Å². The molecule has 3 rings (SSSR count). The minimum atomic E-state index is -0.409. The minimum Gasteiger partial charge on any atom is -0.493 e. The van der Waals surface area contributed by atoms with Crippen molar-refractivity contribution in [2.45, 2.75) is 33.2 Å². The van der Waals surface area contributed by atoms with Crippen molar-refractivity contribution in [2.75, 3.05) is 19.5 Å². The normalized spacial score (nSPS) is 10.8. The molecule has 29 heavy (non-hydrogen) atoms. The summed E-state index contributed by atoms with van der Waals surface area (Å²) >= 11 is 0. The van der Waals surface area contributed by atoms with Gasteiger partial charge in [0.1, 0.15) is 6.54 Å². The van der Waals surface area contributed by atoms with Gasteiger partial charge in [-0.25, -0.2) is 4.68 Å². The Morgan fingerprint density at radius 2 is 1.76 bits per heavy atom. The number of para-hydroxylation sites is 1. The lowest BCUT2D eigenvalue weighted by Gasteiger charge is -2.15. The van der Waals surface area contributed by atoms with Crippen LogP contribution in [0.5, 0.6) is 11.5 Å².